The first-order valence-electron chi connectivity index (χ1n) is 15.2. The van der Waals surface area contributed by atoms with E-state index in [-0.39, 0.29) is 41.0 Å². The summed E-state index contributed by atoms with van der Waals surface area (Å²) in [5, 5.41) is 15.0. The number of fused-ring (bicyclic) bond motifs is 4. The summed E-state index contributed by atoms with van der Waals surface area (Å²) in [6, 6.07) is 3.84. The third-order valence-corrected chi connectivity index (χ3v) is 10.3. The maximum absolute atomic E-state index is 16.7. The monoisotopic (exact) mass is 596 g/mol. The van der Waals surface area contributed by atoms with E-state index in [1.165, 1.54) is 6.07 Å². The summed E-state index contributed by atoms with van der Waals surface area (Å²) in [5.41, 5.74) is 1.79. The number of nitrogens with zero attached hydrogens (tertiary/aromatic N) is 5. The Morgan fingerprint density at radius 1 is 1.12 bits per heavy atom. The summed E-state index contributed by atoms with van der Waals surface area (Å²) in [4.78, 5) is 18.7. The van der Waals surface area contributed by atoms with E-state index in [1.54, 1.807) is 6.07 Å². The summed E-state index contributed by atoms with van der Waals surface area (Å²) in [6.45, 7) is 4.90. The standard InChI is InChI=1S/C31H35ClF2N6O2/c1-16-24-28(26(34)27(35-16)22-9-21(41)10-23(32)25(22)17-3-4-17)37-30(38-29(24)39-13-19-5-6-20(14-39)36-19)42-15-31-7-2-8-40(31)12-18(33)11-31/h9-10,17-20,36,41H,2-8,11-15H2,1H3/t18-,19?,20?,31?/m1/s1. The highest BCUT2D eigenvalue weighted by Crippen LogP contribution is 2.49. The molecular formula is C31H35ClF2N6O2. The highest BCUT2D eigenvalue weighted by atomic mass is 35.5. The zero-order valence-electron chi connectivity index (χ0n) is 23.7. The van der Waals surface area contributed by atoms with Gasteiger partial charge in [-0.1, -0.05) is 11.6 Å². The van der Waals surface area contributed by atoms with E-state index in [4.69, 9.17) is 26.3 Å². The number of piperazine rings is 1. The molecule has 0 radical (unpaired) electrons. The van der Waals surface area contributed by atoms with Crippen LogP contribution in [0.3, 0.4) is 0 Å². The van der Waals surface area contributed by atoms with E-state index in [2.05, 4.69) is 20.1 Å². The predicted molar refractivity (Wildman–Crippen MR) is 157 cm³/mol. The molecular weight excluding hydrogens is 562 g/mol. The third-order valence-electron chi connectivity index (χ3n) is 10.0. The van der Waals surface area contributed by atoms with Gasteiger partial charge in [-0.05, 0) is 75.6 Å². The van der Waals surface area contributed by atoms with Gasteiger partial charge in [0, 0.05) is 48.7 Å². The molecule has 1 saturated carbocycles. The molecule has 1 aromatic carbocycles. The number of benzene rings is 1. The van der Waals surface area contributed by atoms with Gasteiger partial charge in [0.25, 0.3) is 0 Å². The van der Waals surface area contributed by atoms with Gasteiger partial charge in [0.15, 0.2) is 5.82 Å². The lowest BCUT2D eigenvalue weighted by Gasteiger charge is -2.35. The maximum Gasteiger partial charge on any atom is 0.319 e. The molecule has 4 aliphatic heterocycles. The number of phenolic OH excluding ortho intramolecular Hbond substituents is 1. The van der Waals surface area contributed by atoms with Crippen LogP contribution in [0.2, 0.25) is 5.02 Å². The number of rotatable bonds is 6. The Labute approximate surface area is 248 Å². The van der Waals surface area contributed by atoms with Crippen LogP contribution in [0.4, 0.5) is 14.6 Å². The molecule has 0 spiro atoms. The molecule has 11 heteroatoms. The number of hydrogen-bond acceptors (Lipinski definition) is 8. The first-order chi connectivity index (χ1) is 20.3. The van der Waals surface area contributed by atoms with Crippen molar-refractivity contribution >= 4 is 28.3 Å². The largest absolute Gasteiger partial charge is 0.508 e. The lowest BCUT2D eigenvalue weighted by Crippen LogP contribution is -2.51. The summed E-state index contributed by atoms with van der Waals surface area (Å²) >= 11 is 6.57. The van der Waals surface area contributed by atoms with E-state index in [0.29, 0.717) is 52.5 Å². The number of nitrogens with one attached hydrogen (secondary N) is 1. The van der Waals surface area contributed by atoms with E-state index in [1.807, 2.05) is 6.92 Å². The molecule has 42 heavy (non-hydrogen) atoms. The minimum Gasteiger partial charge on any atom is -0.508 e. The molecule has 2 bridgehead atoms. The zero-order valence-corrected chi connectivity index (χ0v) is 24.4. The number of aromatic hydroxyl groups is 1. The van der Waals surface area contributed by atoms with Gasteiger partial charge >= 0.3 is 6.01 Å². The Bertz CT molecular complexity index is 1580. The highest BCUT2D eigenvalue weighted by Gasteiger charge is 2.49. The molecule has 1 aliphatic carbocycles. The number of phenols is 1. The van der Waals surface area contributed by atoms with Crippen LogP contribution in [0, 0.1) is 12.7 Å². The first-order valence-corrected chi connectivity index (χ1v) is 15.6. The lowest BCUT2D eigenvalue weighted by molar-refractivity contribution is 0.107. The second-order valence-electron chi connectivity index (χ2n) is 13.0. The topological polar surface area (TPSA) is 86.6 Å². The number of pyridine rings is 1. The fraction of sp³-hybridized carbons (Fsp3) is 0.581. The zero-order chi connectivity index (χ0) is 28.7. The minimum absolute atomic E-state index is 0.0369. The molecule has 3 aromatic rings. The summed E-state index contributed by atoms with van der Waals surface area (Å²) < 4.78 is 37.5. The number of halogens is 3. The smallest absolute Gasteiger partial charge is 0.319 e. The van der Waals surface area contributed by atoms with Crippen molar-refractivity contribution in [1.82, 2.24) is 25.2 Å². The average Bonchev–Trinajstić information content (AvgIpc) is 3.53. The number of anilines is 1. The molecule has 8 nitrogen and oxygen atoms in total. The van der Waals surface area contributed by atoms with Crippen molar-refractivity contribution in [3.8, 4) is 23.0 Å². The van der Waals surface area contributed by atoms with Crippen molar-refractivity contribution in [2.45, 2.75) is 81.6 Å². The fourth-order valence-electron chi connectivity index (χ4n) is 7.98. The SMILES string of the molecule is Cc1nc(-c2cc(O)cc(Cl)c2C2CC2)c(F)c2nc(OCC34CCCN3C[C@H](F)C4)nc(N3CC4CCC(C3)N4)c12. The van der Waals surface area contributed by atoms with E-state index in [9.17, 15) is 9.50 Å². The molecule has 5 aliphatic rings. The van der Waals surface area contributed by atoms with Gasteiger partial charge in [-0.3, -0.25) is 4.90 Å². The van der Waals surface area contributed by atoms with Crippen molar-refractivity contribution < 1.29 is 18.6 Å². The third kappa shape index (κ3) is 4.40. The number of alkyl halides is 1. The van der Waals surface area contributed by atoms with Crippen LogP contribution >= 0.6 is 11.6 Å². The van der Waals surface area contributed by atoms with Gasteiger partial charge in [-0.15, -0.1) is 0 Å². The molecule has 2 aromatic heterocycles. The Balaban J connectivity index is 1.26. The summed E-state index contributed by atoms with van der Waals surface area (Å²) in [5.74, 6) is 0.206. The molecule has 4 saturated heterocycles. The highest BCUT2D eigenvalue weighted by molar-refractivity contribution is 6.32. The molecule has 222 valence electrons. The Morgan fingerprint density at radius 2 is 1.90 bits per heavy atom. The number of ether oxygens (including phenoxy) is 1. The number of aryl methyl sites for hydroxylation is 1. The van der Waals surface area contributed by atoms with E-state index in [0.717, 1.165) is 63.7 Å². The maximum atomic E-state index is 16.7. The van der Waals surface area contributed by atoms with Gasteiger partial charge < -0.3 is 20.1 Å². The predicted octanol–water partition coefficient (Wildman–Crippen LogP) is 5.27. The molecule has 0 amide bonds. The molecule has 8 rings (SSSR count). The summed E-state index contributed by atoms with van der Waals surface area (Å²) in [7, 11) is 0. The average molecular weight is 597 g/mol. The first kappa shape index (κ1) is 26.8. The van der Waals surface area contributed by atoms with Crippen molar-refractivity contribution in [3.63, 3.8) is 0 Å². The molecule has 5 fully saturated rings. The van der Waals surface area contributed by atoms with Gasteiger partial charge in [0.2, 0.25) is 0 Å². The van der Waals surface area contributed by atoms with Crippen LogP contribution in [-0.4, -0.2) is 81.5 Å². The van der Waals surface area contributed by atoms with Crippen LogP contribution in [0.5, 0.6) is 11.8 Å². The Hall–Kier alpha value is -2.82. The summed E-state index contributed by atoms with van der Waals surface area (Å²) in [6.07, 6.45) is 5.52. The van der Waals surface area contributed by atoms with Gasteiger partial charge in [-0.25, -0.2) is 13.8 Å². The molecule has 4 atom stereocenters. The Kier molecular flexibility index (Phi) is 6.28. The number of hydrogen-bond donors (Lipinski definition) is 2. The van der Waals surface area contributed by atoms with Crippen molar-refractivity contribution in [2.75, 3.05) is 37.7 Å². The number of aromatic nitrogens is 3. The fourth-order valence-corrected chi connectivity index (χ4v) is 8.35. The van der Waals surface area contributed by atoms with Crippen LogP contribution in [-0.2, 0) is 0 Å². The van der Waals surface area contributed by atoms with E-state index >= 15 is 4.39 Å². The Morgan fingerprint density at radius 3 is 2.67 bits per heavy atom. The second kappa shape index (κ2) is 9.86. The van der Waals surface area contributed by atoms with Crippen LogP contribution in [0.15, 0.2) is 12.1 Å². The van der Waals surface area contributed by atoms with E-state index < -0.39 is 12.0 Å². The van der Waals surface area contributed by atoms with Crippen molar-refractivity contribution in [3.05, 3.63) is 34.2 Å². The minimum atomic E-state index is -0.873. The normalized spacial score (nSPS) is 29.0. The molecule has 6 heterocycles. The van der Waals surface area contributed by atoms with Crippen molar-refractivity contribution in [1.29, 1.82) is 0 Å². The second-order valence-corrected chi connectivity index (χ2v) is 13.4. The molecule has 2 N–H and O–H groups in total. The quantitative estimate of drug-likeness (QED) is 0.398. The van der Waals surface area contributed by atoms with Gasteiger partial charge in [0.05, 0.1) is 16.6 Å². The van der Waals surface area contributed by atoms with Crippen molar-refractivity contribution in [2.24, 2.45) is 0 Å². The lowest BCUT2D eigenvalue weighted by atomic mass is 9.95. The van der Waals surface area contributed by atoms with Crippen LogP contribution < -0.4 is 15.0 Å². The van der Waals surface area contributed by atoms with Gasteiger partial charge in [0.1, 0.15) is 35.6 Å². The van der Waals surface area contributed by atoms with Crippen LogP contribution in [0.25, 0.3) is 22.2 Å². The van der Waals surface area contributed by atoms with Gasteiger partial charge in [-0.2, -0.15) is 9.97 Å². The van der Waals surface area contributed by atoms with Crippen LogP contribution in [0.1, 0.15) is 62.1 Å². The molecule has 3 unspecified atom stereocenters.